The monoisotopic (exact) mass is 250 g/mol. The molecule has 0 amide bonds. The van der Waals surface area contributed by atoms with Gasteiger partial charge in [-0.25, -0.2) is 9.59 Å². The maximum atomic E-state index is 10.4. The largest absolute Gasteiger partial charge is 0.482 e. The van der Waals surface area contributed by atoms with E-state index < -0.39 is 25.2 Å². The van der Waals surface area contributed by atoms with Crippen LogP contribution in [0.1, 0.15) is 5.56 Å². The minimum absolute atomic E-state index is 0.202. The number of benzene rings is 1. The van der Waals surface area contributed by atoms with Gasteiger partial charge in [0.1, 0.15) is 11.5 Å². The number of terminal acetylenes is 1. The van der Waals surface area contributed by atoms with Crippen molar-refractivity contribution in [3.05, 3.63) is 23.8 Å². The number of aliphatic carboxylic acids is 2. The van der Waals surface area contributed by atoms with Gasteiger partial charge in [-0.05, 0) is 12.1 Å². The lowest BCUT2D eigenvalue weighted by Gasteiger charge is -2.08. The average Bonchev–Trinajstić information content (AvgIpc) is 2.33. The minimum Gasteiger partial charge on any atom is -0.482 e. The zero-order chi connectivity index (χ0) is 13.5. The maximum Gasteiger partial charge on any atom is 0.341 e. The van der Waals surface area contributed by atoms with Gasteiger partial charge in [0.25, 0.3) is 0 Å². The standard InChI is InChI=1S/C12H10O6/c1-2-8-3-9(17-6-11(13)14)5-10(4-8)18-7-12(15)16/h1,3-5H,6-7H2,(H,13,14)(H,15,16). The molecule has 6 heteroatoms. The summed E-state index contributed by atoms with van der Waals surface area (Å²) in [5.74, 6) is 0.471. The van der Waals surface area contributed by atoms with Gasteiger partial charge in [0.2, 0.25) is 0 Å². The third-order valence-electron chi connectivity index (χ3n) is 1.77. The van der Waals surface area contributed by atoms with Crippen LogP contribution in [0.15, 0.2) is 18.2 Å². The quantitative estimate of drug-likeness (QED) is 0.718. The van der Waals surface area contributed by atoms with Crippen molar-refractivity contribution in [1.29, 1.82) is 0 Å². The Bertz CT molecular complexity index is 464. The molecule has 0 bridgehead atoms. The first kappa shape index (κ1) is 13.4. The van der Waals surface area contributed by atoms with Gasteiger partial charge in [-0.15, -0.1) is 6.42 Å². The lowest BCUT2D eigenvalue weighted by molar-refractivity contribution is -0.140. The second-order valence-electron chi connectivity index (χ2n) is 3.20. The molecule has 1 rings (SSSR count). The topological polar surface area (TPSA) is 93.1 Å². The van der Waals surface area contributed by atoms with Gasteiger partial charge in [-0.1, -0.05) is 5.92 Å². The average molecular weight is 250 g/mol. The van der Waals surface area contributed by atoms with E-state index in [9.17, 15) is 9.59 Å². The van der Waals surface area contributed by atoms with E-state index in [0.717, 1.165) is 0 Å². The fraction of sp³-hybridized carbons (Fsp3) is 0.167. The molecule has 0 unspecified atom stereocenters. The molecule has 0 saturated heterocycles. The van der Waals surface area contributed by atoms with E-state index in [1.165, 1.54) is 18.2 Å². The van der Waals surface area contributed by atoms with Gasteiger partial charge in [0.15, 0.2) is 13.2 Å². The molecule has 2 N–H and O–H groups in total. The highest BCUT2D eigenvalue weighted by atomic mass is 16.5. The van der Waals surface area contributed by atoms with Crippen molar-refractivity contribution in [2.24, 2.45) is 0 Å². The Balaban J connectivity index is 2.84. The molecule has 0 aromatic heterocycles. The van der Waals surface area contributed by atoms with Crippen LogP contribution >= 0.6 is 0 Å². The molecular weight excluding hydrogens is 240 g/mol. The summed E-state index contributed by atoms with van der Waals surface area (Å²) >= 11 is 0. The SMILES string of the molecule is C#Cc1cc(OCC(=O)O)cc(OCC(=O)O)c1. The third-order valence-corrected chi connectivity index (χ3v) is 1.77. The van der Waals surface area contributed by atoms with E-state index in [0.29, 0.717) is 5.56 Å². The van der Waals surface area contributed by atoms with Crippen LogP contribution in [-0.4, -0.2) is 35.4 Å². The zero-order valence-corrected chi connectivity index (χ0v) is 9.25. The van der Waals surface area contributed by atoms with Gasteiger partial charge >= 0.3 is 11.9 Å². The number of rotatable bonds is 6. The Morgan fingerprint density at radius 1 is 1.06 bits per heavy atom. The summed E-state index contributed by atoms with van der Waals surface area (Å²) in [6.45, 7) is -1.04. The first-order valence-electron chi connectivity index (χ1n) is 4.82. The van der Waals surface area contributed by atoms with E-state index in [2.05, 4.69) is 5.92 Å². The molecule has 0 spiro atoms. The van der Waals surface area contributed by atoms with Crippen molar-refractivity contribution in [2.45, 2.75) is 0 Å². The normalized spacial score (nSPS) is 9.28. The van der Waals surface area contributed by atoms with Crippen molar-refractivity contribution >= 4 is 11.9 Å². The zero-order valence-electron chi connectivity index (χ0n) is 9.25. The molecule has 0 fully saturated rings. The van der Waals surface area contributed by atoms with E-state index in [1.807, 2.05) is 0 Å². The van der Waals surface area contributed by atoms with Crippen LogP contribution < -0.4 is 9.47 Å². The summed E-state index contributed by atoms with van der Waals surface area (Å²) in [5, 5.41) is 16.9. The van der Waals surface area contributed by atoms with Crippen LogP contribution in [0.25, 0.3) is 0 Å². The molecule has 0 aliphatic carbocycles. The highest BCUT2D eigenvalue weighted by Gasteiger charge is 2.06. The second-order valence-corrected chi connectivity index (χ2v) is 3.20. The van der Waals surface area contributed by atoms with Gasteiger partial charge in [-0.2, -0.15) is 0 Å². The van der Waals surface area contributed by atoms with E-state index >= 15 is 0 Å². The Kier molecular flexibility index (Phi) is 4.58. The van der Waals surface area contributed by atoms with Crippen LogP contribution in [0, 0.1) is 12.3 Å². The molecule has 6 nitrogen and oxygen atoms in total. The van der Waals surface area contributed by atoms with E-state index in [4.69, 9.17) is 26.1 Å². The van der Waals surface area contributed by atoms with Crippen LogP contribution in [0.4, 0.5) is 0 Å². The number of carbonyl (C=O) groups is 2. The molecule has 18 heavy (non-hydrogen) atoms. The van der Waals surface area contributed by atoms with Crippen LogP contribution in [0.3, 0.4) is 0 Å². The summed E-state index contributed by atoms with van der Waals surface area (Å²) in [6, 6.07) is 4.28. The molecule has 94 valence electrons. The third kappa shape index (κ3) is 4.45. The van der Waals surface area contributed by atoms with Crippen molar-refractivity contribution in [3.8, 4) is 23.8 Å². The van der Waals surface area contributed by atoms with Gasteiger partial charge in [0, 0.05) is 11.6 Å². The minimum atomic E-state index is -1.13. The molecule has 0 radical (unpaired) electrons. The van der Waals surface area contributed by atoms with E-state index in [-0.39, 0.29) is 11.5 Å². The summed E-state index contributed by atoms with van der Waals surface area (Å²) in [7, 11) is 0. The van der Waals surface area contributed by atoms with Crippen LogP contribution in [0.5, 0.6) is 11.5 Å². The predicted molar refractivity (Wildman–Crippen MR) is 60.6 cm³/mol. The van der Waals surface area contributed by atoms with Crippen LogP contribution in [-0.2, 0) is 9.59 Å². The maximum absolute atomic E-state index is 10.4. The lowest BCUT2D eigenvalue weighted by Crippen LogP contribution is -2.11. The first-order valence-corrected chi connectivity index (χ1v) is 4.82. The fourth-order valence-electron chi connectivity index (χ4n) is 1.11. The summed E-state index contributed by atoms with van der Waals surface area (Å²) < 4.78 is 9.87. The molecule has 0 atom stereocenters. The summed E-state index contributed by atoms with van der Waals surface area (Å²) in [5.41, 5.74) is 0.401. The smallest absolute Gasteiger partial charge is 0.341 e. The van der Waals surface area contributed by atoms with Crippen molar-refractivity contribution < 1.29 is 29.3 Å². The molecular formula is C12H10O6. The molecule has 1 aromatic carbocycles. The highest BCUT2D eigenvalue weighted by Crippen LogP contribution is 2.22. The van der Waals surface area contributed by atoms with Crippen molar-refractivity contribution in [1.82, 2.24) is 0 Å². The van der Waals surface area contributed by atoms with Gasteiger partial charge in [0.05, 0.1) is 0 Å². The Morgan fingerprint density at radius 3 is 1.83 bits per heavy atom. The molecule has 0 aliphatic rings. The molecule has 0 saturated carbocycles. The molecule has 0 aliphatic heterocycles. The van der Waals surface area contributed by atoms with Gasteiger partial charge in [-0.3, -0.25) is 0 Å². The van der Waals surface area contributed by atoms with E-state index in [1.54, 1.807) is 0 Å². The Hall–Kier alpha value is -2.68. The summed E-state index contributed by atoms with van der Waals surface area (Å²) in [4.78, 5) is 20.7. The van der Waals surface area contributed by atoms with Crippen LogP contribution in [0.2, 0.25) is 0 Å². The Morgan fingerprint density at radius 2 is 1.50 bits per heavy atom. The lowest BCUT2D eigenvalue weighted by atomic mass is 10.2. The van der Waals surface area contributed by atoms with Gasteiger partial charge < -0.3 is 19.7 Å². The number of hydrogen-bond donors (Lipinski definition) is 2. The highest BCUT2D eigenvalue weighted by molar-refractivity contribution is 5.69. The number of hydrogen-bond acceptors (Lipinski definition) is 4. The number of carboxylic acids is 2. The Labute approximate surface area is 103 Å². The fourth-order valence-corrected chi connectivity index (χ4v) is 1.11. The number of ether oxygens (including phenoxy) is 2. The predicted octanol–water partition coefficient (Wildman–Crippen LogP) is 0.595. The first-order chi connectivity index (χ1) is 8.51. The number of carboxylic acid groups (broad SMARTS) is 2. The molecule has 1 aromatic rings. The molecule has 0 heterocycles. The summed E-state index contributed by atoms with van der Waals surface area (Å²) in [6.07, 6.45) is 5.21. The van der Waals surface area contributed by atoms with Crippen molar-refractivity contribution in [3.63, 3.8) is 0 Å². The second kappa shape index (κ2) is 6.15. The van der Waals surface area contributed by atoms with Crippen molar-refractivity contribution in [2.75, 3.05) is 13.2 Å².